The molecule has 2 fully saturated rings. The van der Waals surface area contributed by atoms with Crippen LogP contribution in [0.5, 0.6) is 0 Å². The van der Waals surface area contributed by atoms with E-state index in [1.807, 2.05) is 11.9 Å². The number of aliphatic hydroxyl groups is 1. The van der Waals surface area contributed by atoms with Gasteiger partial charge in [-0.2, -0.15) is 5.26 Å². The van der Waals surface area contributed by atoms with Crippen LogP contribution in [0.1, 0.15) is 23.1 Å². The standard InChI is InChI=1S/C31H33FN6O3S/c1-4-25-29(35(3)31-34-28(26(15-33)42-31)20-5-7-21(32)8-6-20)24-14-22(13-19(2)30(24)41-25)37-11-9-36(10-12-37)18-27(40)38-16-23(39)17-38/h5-8,13-14,23,39H,4,9-12,16-18H2,1-3H3. The fraction of sp³-hybridized carbons (Fsp3) is 0.387. The predicted octanol–water partition coefficient (Wildman–Crippen LogP) is 4.53. The Morgan fingerprint density at radius 1 is 1.21 bits per heavy atom. The Hall–Kier alpha value is -3.98. The Bertz CT molecular complexity index is 1660. The van der Waals surface area contributed by atoms with Gasteiger partial charge >= 0.3 is 0 Å². The average Bonchev–Trinajstić information content (AvgIpc) is 3.58. The fourth-order valence-corrected chi connectivity index (χ4v) is 6.57. The zero-order valence-corrected chi connectivity index (χ0v) is 24.7. The summed E-state index contributed by atoms with van der Waals surface area (Å²) in [4.78, 5) is 26.0. The van der Waals surface area contributed by atoms with Crippen molar-refractivity contribution in [2.24, 2.45) is 0 Å². The number of β-amino-alcohol motifs (C(OH)–C–C–N with tert-alkyl or cyclic N) is 1. The van der Waals surface area contributed by atoms with Crippen LogP contribution >= 0.6 is 11.3 Å². The second kappa shape index (κ2) is 11.4. The lowest BCUT2D eigenvalue weighted by molar-refractivity contribution is -0.142. The number of nitriles is 1. The quantitative estimate of drug-likeness (QED) is 0.336. The molecule has 6 rings (SSSR count). The molecular weight excluding hydrogens is 555 g/mol. The van der Waals surface area contributed by atoms with Crippen LogP contribution in [0.4, 0.5) is 20.9 Å². The van der Waals surface area contributed by atoms with E-state index >= 15 is 0 Å². The number of halogens is 1. The molecule has 2 saturated heterocycles. The van der Waals surface area contributed by atoms with Crippen LogP contribution < -0.4 is 9.80 Å². The van der Waals surface area contributed by atoms with Gasteiger partial charge in [0.05, 0.1) is 18.3 Å². The van der Waals surface area contributed by atoms with Gasteiger partial charge in [-0.15, -0.1) is 0 Å². The Labute approximate surface area is 248 Å². The van der Waals surface area contributed by atoms with Crippen LogP contribution in [0.3, 0.4) is 0 Å². The number of nitrogens with zero attached hydrogens (tertiary/aromatic N) is 6. The van der Waals surface area contributed by atoms with Crippen molar-refractivity contribution in [2.75, 3.05) is 62.7 Å². The molecule has 218 valence electrons. The number of rotatable bonds is 7. The molecule has 2 aromatic heterocycles. The van der Waals surface area contributed by atoms with Crippen molar-refractivity contribution in [1.29, 1.82) is 5.26 Å². The van der Waals surface area contributed by atoms with Gasteiger partial charge in [-0.25, -0.2) is 9.37 Å². The van der Waals surface area contributed by atoms with Crippen molar-refractivity contribution in [1.82, 2.24) is 14.8 Å². The summed E-state index contributed by atoms with van der Waals surface area (Å²) < 4.78 is 19.9. The Morgan fingerprint density at radius 2 is 1.93 bits per heavy atom. The topological polar surface area (TPSA) is 100 Å². The Morgan fingerprint density at radius 3 is 2.57 bits per heavy atom. The number of anilines is 3. The SMILES string of the molecule is CCc1oc2c(C)cc(N3CCN(CC(=O)N4CC(O)C4)CC3)cc2c1N(C)c1nc(-c2ccc(F)cc2)c(C#N)s1. The third-order valence-electron chi connectivity index (χ3n) is 8.09. The van der Waals surface area contributed by atoms with Crippen molar-refractivity contribution in [3.63, 3.8) is 0 Å². The molecule has 0 atom stereocenters. The van der Waals surface area contributed by atoms with Gasteiger partial charge in [0.1, 0.15) is 33.8 Å². The second-order valence-corrected chi connectivity index (χ2v) is 11.9. The number of carbonyl (C=O) groups excluding carboxylic acids is 1. The van der Waals surface area contributed by atoms with Crippen LogP contribution in [0.25, 0.3) is 22.2 Å². The van der Waals surface area contributed by atoms with E-state index in [1.54, 1.807) is 17.0 Å². The van der Waals surface area contributed by atoms with E-state index in [4.69, 9.17) is 9.40 Å². The van der Waals surface area contributed by atoms with E-state index in [1.165, 1.54) is 23.5 Å². The van der Waals surface area contributed by atoms with E-state index in [-0.39, 0.29) is 17.8 Å². The molecule has 0 aliphatic carbocycles. The van der Waals surface area contributed by atoms with E-state index in [0.717, 1.165) is 59.8 Å². The summed E-state index contributed by atoms with van der Waals surface area (Å²) in [7, 11) is 1.94. The maximum Gasteiger partial charge on any atom is 0.236 e. The van der Waals surface area contributed by atoms with Crippen LogP contribution in [-0.2, 0) is 11.2 Å². The third kappa shape index (κ3) is 5.22. The van der Waals surface area contributed by atoms with Gasteiger partial charge in [-0.05, 0) is 48.9 Å². The molecule has 2 aliphatic heterocycles. The van der Waals surface area contributed by atoms with E-state index < -0.39 is 0 Å². The van der Waals surface area contributed by atoms with Crippen LogP contribution in [0.15, 0.2) is 40.8 Å². The number of fused-ring (bicyclic) bond motifs is 1. The van der Waals surface area contributed by atoms with Gasteiger partial charge in [-0.1, -0.05) is 18.3 Å². The predicted molar refractivity (Wildman–Crippen MR) is 162 cm³/mol. The highest BCUT2D eigenvalue weighted by molar-refractivity contribution is 7.16. The molecule has 9 nitrogen and oxygen atoms in total. The van der Waals surface area contributed by atoms with Crippen LogP contribution in [0.2, 0.25) is 0 Å². The summed E-state index contributed by atoms with van der Waals surface area (Å²) in [6.07, 6.45) is 0.301. The number of piperazine rings is 1. The molecule has 1 N–H and O–H groups in total. The molecule has 4 heterocycles. The summed E-state index contributed by atoms with van der Waals surface area (Å²) in [5.74, 6) is 0.577. The molecule has 0 bridgehead atoms. The van der Waals surface area contributed by atoms with Gasteiger partial charge in [0.2, 0.25) is 5.91 Å². The molecule has 0 spiro atoms. The maximum absolute atomic E-state index is 13.5. The van der Waals surface area contributed by atoms with Gasteiger partial charge in [0, 0.05) is 69.4 Å². The zero-order chi connectivity index (χ0) is 29.5. The maximum atomic E-state index is 13.5. The number of aryl methyl sites for hydroxylation is 2. The highest BCUT2D eigenvalue weighted by atomic mass is 32.1. The lowest BCUT2D eigenvalue weighted by Crippen LogP contribution is -2.57. The second-order valence-electron chi connectivity index (χ2n) is 10.9. The van der Waals surface area contributed by atoms with Crippen LogP contribution in [0, 0.1) is 24.1 Å². The average molecular weight is 589 g/mol. The van der Waals surface area contributed by atoms with Crippen molar-refractivity contribution >= 4 is 44.7 Å². The lowest BCUT2D eigenvalue weighted by Gasteiger charge is -2.39. The smallest absolute Gasteiger partial charge is 0.236 e. The normalized spacial score (nSPS) is 16.1. The first-order chi connectivity index (χ1) is 20.2. The Kier molecular flexibility index (Phi) is 7.62. The molecule has 4 aromatic rings. The van der Waals surface area contributed by atoms with Crippen molar-refractivity contribution < 1.29 is 18.7 Å². The molecule has 1 amide bonds. The van der Waals surface area contributed by atoms with E-state index in [9.17, 15) is 19.6 Å². The number of benzene rings is 2. The fourth-order valence-electron chi connectivity index (χ4n) is 5.72. The molecular formula is C31H33FN6O3S. The zero-order valence-electron chi connectivity index (χ0n) is 23.9. The van der Waals surface area contributed by atoms with Gasteiger partial charge in [-0.3, -0.25) is 9.69 Å². The summed E-state index contributed by atoms with van der Waals surface area (Å²) in [6, 6.07) is 12.6. The van der Waals surface area contributed by atoms with Gasteiger partial charge in [0.15, 0.2) is 5.13 Å². The minimum Gasteiger partial charge on any atom is -0.459 e. The number of carbonyl (C=O) groups is 1. The van der Waals surface area contributed by atoms with Crippen molar-refractivity contribution in [3.05, 3.63) is 58.4 Å². The minimum atomic E-state index is -0.384. The van der Waals surface area contributed by atoms with Crippen LogP contribution in [-0.4, -0.2) is 84.8 Å². The first kappa shape index (κ1) is 28.2. The molecule has 0 saturated carbocycles. The highest BCUT2D eigenvalue weighted by Gasteiger charge is 2.31. The third-order valence-corrected chi connectivity index (χ3v) is 9.13. The van der Waals surface area contributed by atoms with E-state index in [2.05, 4.69) is 41.8 Å². The summed E-state index contributed by atoms with van der Waals surface area (Å²) in [5.41, 5.74) is 5.11. The number of amides is 1. The number of likely N-dealkylation sites (tertiary alicyclic amines) is 1. The summed E-state index contributed by atoms with van der Waals surface area (Å²) in [6.45, 7) is 8.51. The Balaban J connectivity index is 1.27. The number of aliphatic hydroxyl groups excluding tert-OH is 1. The number of hydrogen-bond donors (Lipinski definition) is 1. The minimum absolute atomic E-state index is 0.0773. The molecule has 11 heteroatoms. The molecule has 0 unspecified atom stereocenters. The number of thiazole rings is 1. The molecule has 2 aromatic carbocycles. The number of aromatic nitrogens is 1. The van der Waals surface area contributed by atoms with Gasteiger partial charge < -0.3 is 24.2 Å². The highest BCUT2D eigenvalue weighted by Crippen LogP contribution is 2.43. The largest absolute Gasteiger partial charge is 0.459 e. The first-order valence-corrected chi connectivity index (χ1v) is 15.0. The lowest BCUT2D eigenvalue weighted by atomic mass is 10.1. The van der Waals surface area contributed by atoms with Crippen molar-refractivity contribution in [3.8, 4) is 17.3 Å². The monoisotopic (exact) mass is 588 g/mol. The number of furan rings is 1. The van der Waals surface area contributed by atoms with Crippen molar-refractivity contribution in [2.45, 2.75) is 26.4 Å². The van der Waals surface area contributed by atoms with Gasteiger partial charge in [0.25, 0.3) is 0 Å². The molecule has 2 aliphatic rings. The molecule has 0 radical (unpaired) electrons. The number of hydrogen-bond acceptors (Lipinski definition) is 9. The first-order valence-electron chi connectivity index (χ1n) is 14.2. The van der Waals surface area contributed by atoms with E-state index in [0.29, 0.717) is 47.3 Å². The molecule has 42 heavy (non-hydrogen) atoms. The summed E-state index contributed by atoms with van der Waals surface area (Å²) >= 11 is 1.30. The summed E-state index contributed by atoms with van der Waals surface area (Å²) in [5, 5.41) is 21.0.